The number of rotatable bonds is 7. The van der Waals surface area contributed by atoms with Gasteiger partial charge in [-0.25, -0.2) is 9.37 Å². The van der Waals surface area contributed by atoms with Crippen molar-refractivity contribution in [1.29, 1.82) is 5.26 Å². The van der Waals surface area contributed by atoms with Crippen LogP contribution in [0.2, 0.25) is 0 Å². The van der Waals surface area contributed by atoms with Gasteiger partial charge in [0.15, 0.2) is 0 Å². The zero-order valence-corrected chi connectivity index (χ0v) is 17.7. The number of hydrogen-bond acceptors (Lipinski definition) is 3. The number of aromatic nitrogens is 2. The molecule has 1 heterocycles. The largest absolute Gasteiger partial charge is 0.367 e. The second-order valence-electron chi connectivity index (χ2n) is 9.73. The van der Waals surface area contributed by atoms with E-state index in [4.69, 9.17) is 9.72 Å². The van der Waals surface area contributed by atoms with Crippen molar-refractivity contribution in [2.45, 2.75) is 75.9 Å². The Morgan fingerprint density at radius 2 is 1.77 bits per heavy atom. The summed E-state index contributed by atoms with van der Waals surface area (Å²) in [6.45, 7) is 3.94. The molecular formula is C25H30FN3O. The van der Waals surface area contributed by atoms with Crippen LogP contribution in [0.1, 0.15) is 68.4 Å². The standard InChI is InChI=1S/C25H30FN3O/c1-18-14-28-23(29(18)15-19-2-3-19)25(30-16-20-4-5-20)12-10-24(17-27,11-13-25)21-6-8-22(26)9-7-21/h6-9,14,19-20H,2-5,10-13,15-16H2,1H3/t24-,25+. The predicted molar refractivity (Wildman–Crippen MR) is 112 cm³/mol. The molecule has 1 aromatic carbocycles. The summed E-state index contributed by atoms with van der Waals surface area (Å²) in [4.78, 5) is 4.85. The molecule has 3 saturated carbocycles. The van der Waals surface area contributed by atoms with Gasteiger partial charge >= 0.3 is 0 Å². The Kier molecular flexibility index (Phi) is 4.94. The number of benzene rings is 1. The molecule has 0 aliphatic heterocycles. The van der Waals surface area contributed by atoms with E-state index in [1.54, 1.807) is 12.1 Å². The Labute approximate surface area is 178 Å². The molecular weight excluding hydrogens is 377 g/mol. The zero-order chi connectivity index (χ0) is 20.8. The van der Waals surface area contributed by atoms with Crippen LogP contribution in [0.3, 0.4) is 0 Å². The van der Waals surface area contributed by atoms with Gasteiger partial charge in [0.25, 0.3) is 0 Å². The minimum absolute atomic E-state index is 0.262. The molecule has 30 heavy (non-hydrogen) atoms. The number of imidazole rings is 1. The molecule has 0 radical (unpaired) electrons. The lowest BCUT2D eigenvalue weighted by molar-refractivity contribution is -0.0960. The molecule has 4 nitrogen and oxygen atoms in total. The van der Waals surface area contributed by atoms with E-state index < -0.39 is 11.0 Å². The molecule has 1 aromatic heterocycles. The molecule has 3 aliphatic rings. The highest BCUT2D eigenvalue weighted by atomic mass is 19.1. The van der Waals surface area contributed by atoms with E-state index in [9.17, 15) is 9.65 Å². The molecule has 3 aliphatic carbocycles. The van der Waals surface area contributed by atoms with Gasteiger partial charge in [-0.15, -0.1) is 0 Å². The van der Waals surface area contributed by atoms with E-state index in [1.165, 1.54) is 43.5 Å². The average molecular weight is 408 g/mol. The topological polar surface area (TPSA) is 50.8 Å². The predicted octanol–water partition coefficient (Wildman–Crippen LogP) is 5.40. The third-order valence-electron chi connectivity index (χ3n) is 7.41. The fraction of sp³-hybridized carbons (Fsp3) is 0.600. The molecule has 3 fully saturated rings. The Morgan fingerprint density at radius 3 is 2.37 bits per heavy atom. The lowest BCUT2D eigenvalue weighted by atomic mass is 9.65. The zero-order valence-electron chi connectivity index (χ0n) is 17.7. The van der Waals surface area contributed by atoms with E-state index >= 15 is 0 Å². The molecule has 0 N–H and O–H groups in total. The summed E-state index contributed by atoms with van der Waals surface area (Å²) in [5, 5.41) is 10.1. The van der Waals surface area contributed by atoms with Crippen LogP contribution in [-0.4, -0.2) is 16.2 Å². The first-order valence-electron chi connectivity index (χ1n) is 11.4. The Balaban J connectivity index is 1.44. The molecule has 158 valence electrons. The number of nitriles is 1. The maximum absolute atomic E-state index is 13.5. The van der Waals surface area contributed by atoms with Gasteiger partial charge in [0, 0.05) is 18.4 Å². The fourth-order valence-electron chi connectivity index (χ4n) is 4.92. The Morgan fingerprint density at radius 1 is 1.10 bits per heavy atom. The molecule has 0 spiro atoms. The number of hydrogen-bond donors (Lipinski definition) is 0. The normalized spacial score (nSPS) is 29.0. The number of aryl methyl sites for hydroxylation is 1. The van der Waals surface area contributed by atoms with Gasteiger partial charge in [0.2, 0.25) is 0 Å². The van der Waals surface area contributed by atoms with Gasteiger partial charge in [-0.2, -0.15) is 5.26 Å². The van der Waals surface area contributed by atoms with E-state index in [-0.39, 0.29) is 5.82 Å². The minimum Gasteiger partial charge on any atom is -0.367 e. The minimum atomic E-state index is -0.580. The van der Waals surface area contributed by atoms with Crippen LogP contribution in [0.25, 0.3) is 0 Å². The summed E-state index contributed by atoms with van der Waals surface area (Å²) in [5.41, 5.74) is 1.11. The van der Waals surface area contributed by atoms with Crippen LogP contribution in [-0.2, 0) is 22.3 Å². The number of halogens is 1. The monoisotopic (exact) mass is 407 g/mol. The molecule has 0 saturated heterocycles. The molecule has 0 bridgehead atoms. The SMILES string of the molecule is Cc1cnc([C@]2(OCC3CC3)CC[C@@](C#N)(c3ccc(F)cc3)CC2)n1CC1CC1. The van der Waals surface area contributed by atoms with Crippen LogP contribution in [0.5, 0.6) is 0 Å². The van der Waals surface area contributed by atoms with E-state index in [2.05, 4.69) is 17.6 Å². The van der Waals surface area contributed by atoms with E-state index in [1.807, 2.05) is 6.20 Å². The lowest BCUT2D eigenvalue weighted by Crippen LogP contribution is -2.43. The van der Waals surface area contributed by atoms with E-state index in [0.717, 1.165) is 43.3 Å². The van der Waals surface area contributed by atoms with Crippen molar-refractivity contribution in [2.24, 2.45) is 11.8 Å². The van der Waals surface area contributed by atoms with Crippen molar-refractivity contribution < 1.29 is 9.13 Å². The van der Waals surface area contributed by atoms with Gasteiger partial charge in [-0.05, 0) is 87.8 Å². The molecule has 5 rings (SSSR count). The Bertz CT molecular complexity index is 942. The molecule has 2 aromatic rings. The lowest BCUT2D eigenvalue weighted by Gasteiger charge is -2.43. The third kappa shape index (κ3) is 3.67. The van der Waals surface area contributed by atoms with Crippen molar-refractivity contribution in [2.75, 3.05) is 6.61 Å². The Hall–Kier alpha value is -2.19. The summed E-state index contributed by atoms with van der Waals surface area (Å²) in [6, 6.07) is 9.05. The molecule has 0 atom stereocenters. The highest BCUT2D eigenvalue weighted by molar-refractivity contribution is 5.34. The summed E-state index contributed by atoms with van der Waals surface area (Å²) in [5.74, 6) is 2.23. The first-order valence-corrected chi connectivity index (χ1v) is 11.4. The summed E-state index contributed by atoms with van der Waals surface area (Å²) < 4.78 is 22.5. The maximum atomic E-state index is 13.5. The summed E-state index contributed by atoms with van der Waals surface area (Å²) in [6.07, 6.45) is 10.0. The first kappa shape index (κ1) is 19.8. The van der Waals surface area contributed by atoms with Crippen LogP contribution in [0.4, 0.5) is 4.39 Å². The van der Waals surface area contributed by atoms with Crippen molar-refractivity contribution in [3.8, 4) is 6.07 Å². The number of ether oxygens (including phenoxy) is 1. The second kappa shape index (κ2) is 7.50. The van der Waals surface area contributed by atoms with Crippen molar-refractivity contribution in [3.63, 3.8) is 0 Å². The highest BCUT2D eigenvalue weighted by Gasteiger charge is 2.49. The first-order chi connectivity index (χ1) is 14.5. The van der Waals surface area contributed by atoms with Gasteiger partial charge in [-0.3, -0.25) is 0 Å². The molecule has 5 heteroatoms. The maximum Gasteiger partial charge on any atom is 0.141 e. The average Bonchev–Trinajstić information content (AvgIpc) is 3.68. The third-order valence-corrected chi connectivity index (χ3v) is 7.41. The highest BCUT2D eigenvalue weighted by Crippen LogP contribution is 2.50. The van der Waals surface area contributed by atoms with Crippen LogP contribution in [0, 0.1) is 35.9 Å². The van der Waals surface area contributed by atoms with Gasteiger partial charge in [0.1, 0.15) is 17.2 Å². The molecule has 0 unspecified atom stereocenters. The summed E-state index contributed by atoms with van der Waals surface area (Å²) >= 11 is 0. The van der Waals surface area contributed by atoms with Crippen LogP contribution < -0.4 is 0 Å². The van der Waals surface area contributed by atoms with Crippen molar-refractivity contribution in [1.82, 2.24) is 9.55 Å². The van der Waals surface area contributed by atoms with Crippen molar-refractivity contribution >= 4 is 0 Å². The summed E-state index contributed by atoms with van der Waals surface area (Å²) in [7, 11) is 0. The van der Waals surface area contributed by atoms with Gasteiger partial charge < -0.3 is 9.30 Å². The fourth-order valence-corrected chi connectivity index (χ4v) is 4.92. The van der Waals surface area contributed by atoms with Crippen LogP contribution >= 0.6 is 0 Å². The van der Waals surface area contributed by atoms with Gasteiger partial charge in [0.05, 0.1) is 18.1 Å². The molecule has 0 amide bonds. The second-order valence-corrected chi connectivity index (χ2v) is 9.73. The van der Waals surface area contributed by atoms with Crippen molar-refractivity contribution in [3.05, 3.63) is 53.4 Å². The van der Waals surface area contributed by atoms with Crippen LogP contribution in [0.15, 0.2) is 30.5 Å². The quantitative estimate of drug-likeness (QED) is 0.618. The van der Waals surface area contributed by atoms with E-state index in [0.29, 0.717) is 18.8 Å². The van der Waals surface area contributed by atoms with Gasteiger partial charge in [-0.1, -0.05) is 12.1 Å². The smallest absolute Gasteiger partial charge is 0.141 e. The number of nitrogens with zero attached hydrogens (tertiary/aromatic N) is 3.